The molecule has 3 nitrogen and oxygen atoms in total. The van der Waals surface area contributed by atoms with E-state index in [0.29, 0.717) is 11.4 Å². The second kappa shape index (κ2) is 5.32. The number of ether oxygens (including phenoxy) is 2. The Labute approximate surface area is 113 Å². The quantitative estimate of drug-likeness (QED) is 0.856. The monoisotopic (exact) mass is 283 g/mol. The van der Waals surface area contributed by atoms with Crippen LogP contribution in [0, 0.1) is 6.92 Å². The highest BCUT2D eigenvalue weighted by Gasteiger charge is 2.32. The van der Waals surface area contributed by atoms with Crippen LogP contribution in [-0.4, -0.2) is 6.36 Å². The first-order valence-electron chi connectivity index (χ1n) is 5.73. The average Bonchev–Trinajstić information content (AvgIpc) is 2.28. The van der Waals surface area contributed by atoms with E-state index in [2.05, 4.69) is 4.74 Å². The van der Waals surface area contributed by atoms with Gasteiger partial charge in [0.15, 0.2) is 11.5 Å². The van der Waals surface area contributed by atoms with Crippen molar-refractivity contribution in [3.63, 3.8) is 0 Å². The van der Waals surface area contributed by atoms with Gasteiger partial charge in [-0.1, -0.05) is 12.1 Å². The molecule has 0 saturated carbocycles. The zero-order chi connectivity index (χ0) is 14.8. The van der Waals surface area contributed by atoms with Crippen LogP contribution in [0.5, 0.6) is 17.2 Å². The van der Waals surface area contributed by atoms with Gasteiger partial charge in [-0.05, 0) is 36.8 Å². The molecule has 0 saturated heterocycles. The van der Waals surface area contributed by atoms with Gasteiger partial charge in [-0.2, -0.15) is 0 Å². The molecule has 0 fully saturated rings. The lowest BCUT2D eigenvalue weighted by Crippen LogP contribution is -2.17. The molecule has 0 amide bonds. The molecule has 0 unspecified atom stereocenters. The van der Waals surface area contributed by atoms with E-state index in [1.165, 1.54) is 24.3 Å². The van der Waals surface area contributed by atoms with Crippen molar-refractivity contribution in [1.82, 2.24) is 0 Å². The van der Waals surface area contributed by atoms with Crippen molar-refractivity contribution in [3.05, 3.63) is 48.0 Å². The van der Waals surface area contributed by atoms with Gasteiger partial charge in [-0.3, -0.25) is 0 Å². The Balaban J connectivity index is 2.29. The van der Waals surface area contributed by atoms with Crippen LogP contribution in [0.2, 0.25) is 0 Å². The van der Waals surface area contributed by atoms with Gasteiger partial charge in [-0.25, -0.2) is 0 Å². The predicted molar refractivity (Wildman–Crippen MR) is 68.8 cm³/mol. The van der Waals surface area contributed by atoms with Gasteiger partial charge in [0.25, 0.3) is 0 Å². The third-order valence-corrected chi connectivity index (χ3v) is 2.38. The first kappa shape index (κ1) is 14.0. The second-order valence-electron chi connectivity index (χ2n) is 4.18. The number of benzene rings is 2. The number of alkyl halides is 3. The summed E-state index contributed by atoms with van der Waals surface area (Å²) in [6.07, 6.45) is -4.77. The molecule has 0 aliphatic heterocycles. The molecule has 0 radical (unpaired) electrons. The summed E-state index contributed by atoms with van der Waals surface area (Å²) in [5.74, 6) is -0.0874. The minimum absolute atomic E-state index is 0.0326. The molecule has 0 bridgehead atoms. The highest BCUT2D eigenvalue weighted by Crippen LogP contribution is 2.35. The SMILES string of the molecule is Cc1cc(N)cc(Oc2ccccc2OC(F)(F)F)c1. The molecule has 0 spiro atoms. The maximum absolute atomic E-state index is 12.3. The molecule has 106 valence electrons. The highest BCUT2D eigenvalue weighted by atomic mass is 19.4. The van der Waals surface area contributed by atoms with Gasteiger partial charge < -0.3 is 15.2 Å². The summed E-state index contributed by atoms with van der Waals surface area (Å²) < 4.78 is 46.2. The molecule has 20 heavy (non-hydrogen) atoms. The van der Waals surface area contributed by atoms with Gasteiger partial charge in [0.1, 0.15) is 5.75 Å². The largest absolute Gasteiger partial charge is 0.573 e. The van der Waals surface area contributed by atoms with E-state index < -0.39 is 12.1 Å². The fraction of sp³-hybridized carbons (Fsp3) is 0.143. The van der Waals surface area contributed by atoms with Crippen LogP contribution in [-0.2, 0) is 0 Å². The maximum Gasteiger partial charge on any atom is 0.573 e. The Morgan fingerprint density at radius 3 is 2.25 bits per heavy atom. The molecular formula is C14H12F3NO2. The molecule has 2 rings (SSSR count). The van der Waals surface area contributed by atoms with E-state index in [9.17, 15) is 13.2 Å². The number of hydrogen-bond donors (Lipinski definition) is 1. The number of nitrogen functional groups attached to an aromatic ring is 1. The Hall–Kier alpha value is -2.37. The minimum Gasteiger partial charge on any atom is -0.453 e. The van der Waals surface area contributed by atoms with Crippen LogP contribution in [0.4, 0.5) is 18.9 Å². The van der Waals surface area contributed by atoms with Crippen molar-refractivity contribution in [1.29, 1.82) is 0 Å². The van der Waals surface area contributed by atoms with Crippen molar-refractivity contribution < 1.29 is 22.6 Å². The lowest BCUT2D eigenvalue weighted by atomic mass is 10.2. The normalized spacial score (nSPS) is 11.2. The maximum atomic E-state index is 12.3. The van der Waals surface area contributed by atoms with E-state index in [0.717, 1.165) is 5.56 Å². The molecule has 2 aromatic carbocycles. The summed E-state index contributed by atoms with van der Waals surface area (Å²) in [7, 11) is 0. The van der Waals surface area contributed by atoms with Crippen molar-refractivity contribution >= 4 is 5.69 Å². The zero-order valence-corrected chi connectivity index (χ0v) is 10.6. The first-order chi connectivity index (χ1) is 9.33. The van der Waals surface area contributed by atoms with Gasteiger partial charge in [-0.15, -0.1) is 13.2 Å². The number of para-hydroxylation sites is 2. The lowest BCUT2D eigenvalue weighted by molar-refractivity contribution is -0.275. The summed E-state index contributed by atoms with van der Waals surface area (Å²) >= 11 is 0. The van der Waals surface area contributed by atoms with Gasteiger partial charge >= 0.3 is 6.36 Å². The number of aryl methyl sites for hydroxylation is 1. The molecule has 0 aliphatic rings. The summed E-state index contributed by atoms with van der Waals surface area (Å²) in [5, 5.41) is 0. The minimum atomic E-state index is -4.77. The Bertz CT molecular complexity index is 591. The van der Waals surface area contributed by atoms with Crippen molar-refractivity contribution in [2.75, 3.05) is 5.73 Å². The molecule has 0 atom stereocenters. The van der Waals surface area contributed by atoms with E-state index in [1.54, 1.807) is 25.1 Å². The van der Waals surface area contributed by atoms with E-state index in [1.807, 2.05) is 0 Å². The van der Waals surface area contributed by atoms with Crippen LogP contribution in [0.15, 0.2) is 42.5 Å². The number of anilines is 1. The standard InChI is InChI=1S/C14H12F3NO2/c1-9-6-10(18)8-11(7-9)19-12-4-2-3-5-13(12)20-14(15,16)17/h2-8H,18H2,1H3. The lowest BCUT2D eigenvalue weighted by Gasteiger charge is -2.14. The second-order valence-corrected chi connectivity index (χ2v) is 4.18. The van der Waals surface area contributed by atoms with Gasteiger partial charge in [0.05, 0.1) is 0 Å². The fourth-order valence-electron chi connectivity index (χ4n) is 1.71. The zero-order valence-electron chi connectivity index (χ0n) is 10.6. The molecule has 2 aromatic rings. The molecule has 2 N–H and O–H groups in total. The molecule has 0 aliphatic carbocycles. The summed E-state index contributed by atoms with van der Waals surface area (Å²) in [5.41, 5.74) is 6.97. The topological polar surface area (TPSA) is 44.5 Å². The first-order valence-corrected chi connectivity index (χ1v) is 5.73. The fourth-order valence-corrected chi connectivity index (χ4v) is 1.71. The smallest absolute Gasteiger partial charge is 0.453 e. The van der Waals surface area contributed by atoms with Crippen molar-refractivity contribution in [2.45, 2.75) is 13.3 Å². The highest BCUT2D eigenvalue weighted by molar-refractivity contribution is 5.50. The van der Waals surface area contributed by atoms with Crippen LogP contribution < -0.4 is 15.2 Å². The Morgan fingerprint density at radius 2 is 1.65 bits per heavy atom. The molecule has 0 heterocycles. The van der Waals surface area contributed by atoms with Crippen LogP contribution in [0.25, 0.3) is 0 Å². The molecule has 0 aromatic heterocycles. The van der Waals surface area contributed by atoms with E-state index >= 15 is 0 Å². The number of hydrogen-bond acceptors (Lipinski definition) is 3. The van der Waals surface area contributed by atoms with Crippen LogP contribution >= 0.6 is 0 Å². The predicted octanol–water partition coefficient (Wildman–Crippen LogP) is 4.27. The summed E-state index contributed by atoms with van der Waals surface area (Å²) in [6.45, 7) is 1.81. The average molecular weight is 283 g/mol. The van der Waals surface area contributed by atoms with E-state index in [4.69, 9.17) is 10.5 Å². The number of rotatable bonds is 3. The van der Waals surface area contributed by atoms with Gasteiger partial charge in [0.2, 0.25) is 0 Å². The summed E-state index contributed by atoms with van der Waals surface area (Å²) in [6, 6.07) is 10.5. The molecule has 6 heteroatoms. The van der Waals surface area contributed by atoms with Crippen LogP contribution in [0.1, 0.15) is 5.56 Å². The number of halogens is 3. The Morgan fingerprint density at radius 1 is 1.00 bits per heavy atom. The summed E-state index contributed by atoms with van der Waals surface area (Å²) in [4.78, 5) is 0. The van der Waals surface area contributed by atoms with Crippen molar-refractivity contribution in [2.24, 2.45) is 0 Å². The van der Waals surface area contributed by atoms with Gasteiger partial charge in [0, 0.05) is 11.8 Å². The van der Waals surface area contributed by atoms with Crippen LogP contribution in [0.3, 0.4) is 0 Å². The Kier molecular flexibility index (Phi) is 3.74. The van der Waals surface area contributed by atoms with E-state index in [-0.39, 0.29) is 5.75 Å². The molecular weight excluding hydrogens is 271 g/mol. The third-order valence-electron chi connectivity index (χ3n) is 2.38. The number of nitrogens with two attached hydrogens (primary N) is 1. The van der Waals surface area contributed by atoms with Crippen molar-refractivity contribution in [3.8, 4) is 17.2 Å². The third kappa shape index (κ3) is 3.81.